The van der Waals surface area contributed by atoms with Crippen molar-refractivity contribution in [2.45, 2.75) is 179 Å². The first-order valence-electron chi connectivity index (χ1n) is 21.5. The van der Waals surface area contributed by atoms with E-state index in [1.54, 1.807) is 12.2 Å². The minimum absolute atomic E-state index is 0.0240. The Kier molecular flexibility index (Phi) is 32.9. The average Bonchev–Trinajstić information content (AvgIpc) is 3.16. The SMILES string of the molecule is CC/C=C\CC(O)/C=C/C1OC(O)CC(O)C1C/C=C\CCCC(=O)OC(COCCCCCCCC/C=C\CCCCCCCC)COP(=O)(O)OCCN. The summed E-state index contributed by atoms with van der Waals surface area (Å²) in [4.78, 5) is 22.6. The molecule has 0 aromatic carbocycles. The molecule has 0 radical (unpaired) electrons. The van der Waals surface area contributed by atoms with Crippen LogP contribution in [0, 0.1) is 5.92 Å². The number of hydrogen-bond donors (Lipinski definition) is 5. The minimum Gasteiger partial charge on any atom is -0.457 e. The molecule has 6 N–H and O–H groups in total. The summed E-state index contributed by atoms with van der Waals surface area (Å²) in [6.07, 6.45) is 31.9. The largest absolute Gasteiger partial charge is 0.472 e. The number of ether oxygens (including phenoxy) is 3. The third-order valence-electron chi connectivity index (χ3n) is 9.50. The molecule has 1 heterocycles. The summed E-state index contributed by atoms with van der Waals surface area (Å²) in [6, 6.07) is 0. The average molecular weight is 816 g/mol. The summed E-state index contributed by atoms with van der Waals surface area (Å²) < 4.78 is 39.0. The molecule has 13 heteroatoms. The highest BCUT2D eigenvalue weighted by molar-refractivity contribution is 7.47. The van der Waals surface area contributed by atoms with E-state index in [4.69, 9.17) is 29.0 Å². The van der Waals surface area contributed by atoms with Crippen LogP contribution < -0.4 is 5.73 Å². The van der Waals surface area contributed by atoms with Crippen LogP contribution in [0.15, 0.2) is 48.6 Å². The number of carbonyl (C=O) groups is 1. The number of aliphatic hydroxyl groups is 3. The second-order valence-electron chi connectivity index (χ2n) is 14.7. The Morgan fingerprint density at radius 1 is 0.821 bits per heavy atom. The monoisotopic (exact) mass is 816 g/mol. The van der Waals surface area contributed by atoms with E-state index in [2.05, 4.69) is 19.1 Å². The highest BCUT2D eigenvalue weighted by atomic mass is 31.2. The summed E-state index contributed by atoms with van der Waals surface area (Å²) >= 11 is 0. The molecule has 0 amide bonds. The molecule has 7 atom stereocenters. The van der Waals surface area contributed by atoms with Gasteiger partial charge in [0.15, 0.2) is 6.29 Å². The molecule has 1 saturated heterocycles. The van der Waals surface area contributed by atoms with Crippen LogP contribution in [-0.4, -0.2) is 89.9 Å². The third-order valence-corrected chi connectivity index (χ3v) is 10.5. The van der Waals surface area contributed by atoms with Gasteiger partial charge in [0.2, 0.25) is 0 Å². The molecule has 326 valence electrons. The van der Waals surface area contributed by atoms with Crippen molar-refractivity contribution in [3.63, 3.8) is 0 Å². The fraction of sp³-hybridized carbons (Fsp3) is 0.791. The lowest BCUT2D eigenvalue weighted by Crippen LogP contribution is -2.43. The van der Waals surface area contributed by atoms with E-state index >= 15 is 0 Å². The standard InChI is InChI=1S/C43H78NO11P/c1-3-5-7-8-9-10-11-12-13-14-15-16-17-18-21-25-32-51-35-38(36-53-56(49,50)52-33-31-44)54-42(47)28-24-20-19-23-27-39-40(46)34-43(48)55-41(39)30-29-37(45)26-22-6-4-2/h6,12-13,19,22-23,29-30,37-41,43,45-46,48H,3-5,7-11,14-18,20-21,24-28,31-36,44H2,1-2H3,(H,49,50)/b13-12-,22-6-,23-19-,30-29+. The van der Waals surface area contributed by atoms with Gasteiger partial charge in [0, 0.05) is 31.9 Å². The van der Waals surface area contributed by atoms with Crippen molar-refractivity contribution in [1.29, 1.82) is 0 Å². The van der Waals surface area contributed by atoms with Gasteiger partial charge in [-0.1, -0.05) is 120 Å². The number of phosphoric ester groups is 1. The number of hydrogen-bond acceptors (Lipinski definition) is 11. The van der Waals surface area contributed by atoms with E-state index in [1.807, 2.05) is 31.2 Å². The quantitative estimate of drug-likeness (QED) is 0.0176. The molecule has 7 unspecified atom stereocenters. The summed E-state index contributed by atoms with van der Waals surface area (Å²) in [5, 5.41) is 30.9. The zero-order valence-corrected chi connectivity index (χ0v) is 35.5. The van der Waals surface area contributed by atoms with E-state index in [9.17, 15) is 29.6 Å². The van der Waals surface area contributed by atoms with Gasteiger partial charge in [0.05, 0.1) is 38.1 Å². The Hall–Kier alpha value is -1.70. The van der Waals surface area contributed by atoms with Gasteiger partial charge in [-0.3, -0.25) is 13.8 Å². The lowest BCUT2D eigenvalue weighted by molar-refractivity contribution is -0.199. The molecule has 1 aliphatic rings. The van der Waals surface area contributed by atoms with Crippen molar-refractivity contribution in [2.75, 3.05) is 33.0 Å². The van der Waals surface area contributed by atoms with Crippen molar-refractivity contribution >= 4 is 13.8 Å². The lowest BCUT2D eigenvalue weighted by atomic mass is 9.87. The summed E-state index contributed by atoms with van der Waals surface area (Å²) in [7, 11) is -4.36. The summed E-state index contributed by atoms with van der Waals surface area (Å²) in [6.45, 7) is 4.32. The van der Waals surface area contributed by atoms with Crippen LogP contribution in [-0.2, 0) is 32.6 Å². The molecule has 0 aromatic heterocycles. The fourth-order valence-electron chi connectivity index (χ4n) is 6.28. The van der Waals surface area contributed by atoms with Gasteiger partial charge in [0.1, 0.15) is 6.10 Å². The number of esters is 1. The summed E-state index contributed by atoms with van der Waals surface area (Å²) in [5.74, 6) is -0.783. The van der Waals surface area contributed by atoms with E-state index in [-0.39, 0.29) is 45.1 Å². The van der Waals surface area contributed by atoms with E-state index in [0.717, 1.165) is 32.1 Å². The second-order valence-corrected chi connectivity index (χ2v) is 16.2. The molecule has 56 heavy (non-hydrogen) atoms. The van der Waals surface area contributed by atoms with Gasteiger partial charge in [-0.15, -0.1) is 0 Å². The number of rotatable bonds is 36. The Balaban J connectivity index is 2.40. The zero-order valence-electron chi connectivity index (χ0n) is 34.6. The van der Waals surface area contributed by atoms with Crippen LogP contribution in [0.2, 0.25) is 0 Å². The minimum atomic E-state index is -4.36. The number of nitrogens with two attached hydrogens (primary N) is 1. The Bertz CT molecular complexity index is 1120. The van der Waals surface area contributed by atoms with Gasteiger partial charge < -0.3 is 40.2 Å². The molecule has 1 aliphatic heterocycles. The normalized spacial score (nSPS) is 21.4. The lowest BCUT2D eigenvalue weighted by Gasteiger charge is -2.36. The maximum absolute atomic E-state index is 12.7. The van der Waals surface area contributed by atoms with Gasteiger partial charge in [0.25, 0.3) is 0 Å². The first-order chi connectivity index (χ1) is 27.1. The summed E-state index contributed by atoms with van der Waals surface area (Å²) in [5.41, 5.74) is 5.36. The molecule has 12 nitrogen and oxygen atoms in total. The van der Waals surface area contributed by atoms with Crippen LogP contribution in [0.1, 0.15) is 149 Å². The number of allylic oxidation sites excluding steroid dienone is 5. The van der Waals surface area contributed by atoms with E-state index < -0.39 is 44.5 Å². The second kappa shape index (κ2) is 35.3. The van der Waals surface area contributed by atoms with Crippen molar-refractivity contribution in [2.24, 2.45) is 11.7 Å². The Labute approximate surface area is 338 Å². The molecular formula is C43H78NO11P. The van der Waals surface area contributed by atoms with Gasteiger partial charge in [-0.05, 0) is 64.2 Å². The molecule has 0 aliphatic carbocycles. The van der Waals surface area contributed by atoms with Crippen LogP contribution in [0.3, 0.4) is 0 Å². The predicted molar refractivity (Wildman–Crippen MR) is 223 cm³/mol. The number of phosphoric acid groups is 1. The van der Waals surface area contributed by atoms with Crippen molar-refractivity contribution in [3.8, 4) is 0 Å². The molecule has 1 rings (SSSR count). The zero-order chi connectivity index (χ0) is 41.1. The topological polar surface area (TPSA) is 187 Å². The van der Waals surface area contributed by atoms with Crippen LogP contribution in [0.5, 0.6) is 0 Å². The molecule has 1 fully saturated rings. The van der Waals surface area contributed by atoms with Crippen LogP contribution >= 0.6 is 7.82 Å². The van der Waals surface area contributed by atoms with Crippen molar-refractivity contribution in [1.82, 2.24) is 0 Å². The van der Waals surface area contributed by atoms with Gasteiger partial charge in [-0.25, -0.2) is 4.57 Å². The number of unbranched alkanes of at least 4 members (excludes halogenated alkanes) is 13. The molecule has 0 aromatic rings. The maximum Gasteiger partial charge on any atom is 0.472 e. The van der Waals surface area contributed by atoms with Crippen LogP contribution in [0.25, 0.3) is 0 Å². The van der Waals surface area contributed by atoms with Crippen molar-refractivity contribution in [3.05, 3.63) is 48.6 Å². The highest BCUT2D eigenvalue weighted by Gasteiger charge is 2.35. The fourth-order valence-corrected chi connectivity index (χ4v) is 7.05. The molecule has 0 bridgehead atoms. The van der Waals surface area contributed by atoms with E-state index in [0.29, 0.717) is 32.3 Å². The van der Waals surface area contributed by atoms with E-state index in [1.165, 1.54) is 64.2 Å². The first kappa shape index (κ1) is 52.3. The Morgan fingerprint density at radius 2 is 1.46 bits per heavy atom. The van der Waals surface area contributed by atoms with Gasteiger partial charge >= 0.3 is 13.8 Å². The van der Waals surface area contributed by atoms with Gasteiger partial charge in [-0.2, -0.15) is 0 Å². The molecule has 0 spiro atoms. The first-order valence-corrected chi connectivity index (χ1v) is 23.0. The predicted octanol–water partition coefficient (Wildman–Crippen LogP) is 8.52. The third kappa shape index (κ3) is 29.5. The number of carbonyl (C=O) groups excluding carboxylic acids is 1. The van der Waals surface area contributed by atoms with Crippen molar-refractivity contribution < 1.29 is 52.8 Å². The smallest absolute Gasteiger partial charge is 0.457 e. The maximum atomic E-state index is 12.7. The number of aliphatic hydroxyl groups excluding tert-OH is 3. The molecule has 0 saturated carbocycles. The highest BCUT2D eigenvalue weighted by Crippen LogP contribution is 2.43. The van der Waals surface area contributed by atoms with Crippen LogP contribution in [0.4, 0.5) is 0 Å². The Morgan fingerprint density at radius 3 is 2.14 bits per heavy atom. The molecular weight excluding hydrogens is 737 g/mol.